The van der Waals surface area contributed by atoms with Crippen LogP contribution in [0.2, 0.25) is 0 Å². The number of aromatic nitrogens is 1. The van der Waals surface area contributed by atoms with E-state index < -0.39 is 0 Å². The molecule has 0 aliphatic rings. The molecule has 0 saturated carbocycles. The van der Waals surface area contributed by atoms with Crippen LogP contribution in [-0.2, 0) is 6.61 Å². The maximum atomic E-state index is 13.3. The summed E-state index contributed by atoms with van der Waals surface area (Å²) in [6.07, 6.45) is 1.50. The Morgan fingerprint density at radius 1 is 1.02 bits per heavy atom. The number of para-hydroxylation sites is 1. The van der Waals surface area contributed by atoms with Gasteiger partial charge in [0.05, 0.1) is 41.7 Å². The first-order valence-electron chi connectivity index (χ1n) is 12.3. The van der Waals surface area contributed by atoms with Crippen LogP contribution in [0.5, 0.6) is 11.5 Å². The molecule has 40 heavy (non-hydrogen) atoms. The zero-order chi connectivity index (χ0) is 27.9. The van der Waals surface area contributed by atoms with E-state index >= 15 is 0 Å². The number of carbonyl (C=O) groups is 1. The monoisotopic (exact) mass is 590 g/mol. The van der Waals surface area contributed by atoms with Gasteiger partial charge in [0, 0.05) is 26.5 Å². The lowest BCUT2D eigenvalue weighted by atomic mass is 10.0. The predicted molar refractivity (Wildman–Crippen MR) is 158 cm³/mol. The summed E-state index contributed by atoms with van der Waals surface area (Å²) in [5, 5.41) is 14.4. The molecule has 0 saturated heterocycles. The number of pyridine rings is 1. The first-order valence-corrected chi connectivity index (χ1v) is 13.1. The molecule has 0 aliphatic heterocycles. The van der Waals surface area contributed by atoms with E-state index in [4.69, 9.17) is 14.5 Å². The van der Waals surface area contributed by atoms with Gasteiger partial charge in [0.2, 0.25) is 0 Å². The van der Waals surface area contributed by atoms with E-state index in [1.165, 1.54) is 6.21 Å². The summed E-state index contributed by atoms with van der Waals surface area (Å²) in [5.74, 6) is 0.529. The molecule has 0 spiro atoms. The number of fused-ring (bicyclic) bond motifs is 1. The molecule has 1 heterocycles. The highest BCUT2D eigenvalue weighted by Gasteiger charge is 2.15. The number of hydrazone groups is 1. The van der Waals surface area contributed by atoms with Crippen molar-refractivity contribution < 1.29 is 14.3 Å². The molecule has 0 aliphatic carbocycles. The van der Waals surface area contributed by atoms with Crippen molar-refractivity contribution in [3.05, 3.63) is 124 Å². The average Bonchev–Trinajstić information content (AvgIpc) is 3.00. The van der Waals surface area contributed by atoms with Gasteiger partial charge in [-0.05, 0) is 30.3 Å². The van der Waals surface area contributed by atoms with Gasteiger partial charge in [-0.1, -0.05) is 82.7 Å². The Balaban J connectivity index is 1.43. The van der Waals surface area contributed by atoms with Crippen molar-refractivity contribution in [1.29, 1.82) is 5.26 Å². The molecule has 5 rings (SSSR count). The first kappa shape index (κ1) is 26.6. The summed E-state index contributed by atoms with van der Waals surface area (Å²) in [5.41, 5.74) is 7.26. The van der Waals surface area contributed by atoms with Gasteiger partial charge in [0.15, 0.2) is 11.5 Å². The van der Waals surface area contributed by atoms with E-state index in [0.29, 0.717) is 39.4 Å². The van der Waals surface area contributed by atoms with E-state index in [0.717, 1.165) is 21.0 Å². The van der Waals surface area contributed by atoms with Crippen molar-refractivity contribution in [2.24, 2.45) is 5.10 Å². The van der Waals surface area contributed by atoms with Crippen LogP contribution in [0.15, 0.2) is 107 Å². The van der Waals surface area contributed by atoms with Gasteiger partial charge < -0.3 is 9.47 Å². The molecule has 7 nitrogen and oxygen atoms in total. The van der Waals surface area contributed by atoms with Crippen molar-refractivity contribution in [1.82, 2.24) is 10.4 Å². The molecule has 0 unspecified atom stereocenters. The van der Waals surface area contributed by atoms with Crippen molar-refractivity contribution in [2.45, 2.75) is 6.61 Å². The lowest BCUT2D eigenvalue weighted by molar-refractivity contribution is 0.0956. The van der Waals surface area contributed by atoms with E-state index in [-0.39, 0.29) is 12.5 Å². The molecule has 1 amide bonds. The summed E-state index contributed by atoms with van der Waals surface area (Å²) in [4.78, 5) is 18.1. The topological polar surface area (TPSA) is 96.6 Å². The number of nitriles is 1. The second kappa shape index (κ2) is 12.2. The zero-order valence-electron chi connectivity index (χ0n) is 21.5. The highest BCUT2D eigenvalue weighted by Crippen LogP contribution is 2.35. The molecule has 1 N–H and O–H groups in total. The summed E-state index contributed by atoms with van der Waals surface area (Å²) in [6, 6.07) is 32.0. The molecule has 0 fully saturated rings. The molecular formula is C32H23BrN4O3. The summed E-state index contributed by atoms with van der Waals surface area (Å²) < 4.78 is 12.4. The third-order valence-corrected chi connectivity index (χ3v) is 6.64. The van der Waals surface area contributed by atoms with Gasteiger partial charge in [0.25, 0.3) is 5.91 Å². The number of carbonyl (C=O) groups excluding carboxylic acids is 1. The van der Waals surface area contributed by atoms with E-state index in [9.17, 15) is 10.1 Å². The minimum Gasteiger partial charge on any atom is -0.493 e. The van der Waals surface area contributed by atoms with Crippen molar-refractivity contribution in [2.75, 3.05) is 7.11 Å². The zero-order valence-corrected chi connectivity index (χ0v) is 23.1. The summed E-state index contributed by atoms with van der Waals surface area (Å²) >= 11 is 3.49. The van der Waals surface area contributed by atoms with Crippen LogP contribution < -0.4 is 14.9 Å². The highest BCUT2D eigenvalue weighted by molar-refractivity contribution is 9.10. The lowest BCUT2D eigenvalue weighted by Gasteiger charge is -2.14. The van der Waals surface area contributed by atoms with Crippen molar-refractivity contribution in [3.63, 3.8) is 0 Å². The first-order chi connectivity index (χ1) is 19.6. The van der Waals surface area contributed by atoms with Crippen LogP contribution in [0.25, 0.3) is 22.2 Å². The van der Waals surface area contributed by atoms with Crippen molar-refractivity contribution in [3.8, 4) is 28.8 Å². The molecule has 0 bridgehead atoms. The number of hydrogen-bond acceptors (Lipinski definition) is 6. The fourth-order valence-electron chi connectivity index (χ4n) is 4.24. The number of nitrogens with zero attached hydrogens (tertiary/aromatic N) is 3. The number of methoxy groups -OCH3 is 1. The fraction of sp³-hybridized carbons (Fsp3) is 0.0625. The van der Waals surface area contributed by atoms with Gasteiger partial charge in [-0.15, -0.1) is 0 Å². The number of nitrogens with one attached hydrogen (secondary N) is 1. The van der Waals surface area contributed by atoms with Crippen LogP contribution >= 0.6 is 15.9 Å². The van der Waals surface area contributed by atoms with Crippen LogP contribution in [0.3, 0.4) is 0 Å². The fourth-order valence-corrected chi connectivity index (χ4v) is 4.69. The standard InChI is InChI=1S/C32H23BrN4O3/c1-39-30-16-25(33)15-24(31(30)40-20-23-12-6-5-11-22(23)18-34)19-35-37-32(38)27-17-29(21-9-3-2-4-10-21)36-28-14-8-7-13-26(27)28/h2-17,19H,20H2,1H3,(H,37,38)/b35-19-. The SMILES string of the molecule is COc1cc(Br)cc(/C=N\NC(=O)c2cc(-c3ccccc3)nc3ccccc23)c1OCc1ccccc1C#N. The van der Waals surface area contributed by atoms with Crippen LogP contribution in [0.1, 0.15) is 27.0 Å². The Bertz CT molecular complexity index is 1760. The van der Waals surface area contributed by atoms with Gasteiger partial charge >= 0.3 is 0 Å². The predicted octanol–water partition coefficient (Wildman–Crippen LogP) is 6.89. The molecule has 8 heteroatoms. The molecule has 0 radical (unpaired) electrons. The molecular weight excluding hydrogens is 568 g/mol. The maximum absolute atomic E-state index is 13.3. The minimum atomic E-state index is -0.376. The largest absolute Gasteiger partial charge is 0.493 e. The number of ether oxygens (including phenoxy) is 2. The van der Waals surface area contributed by atoms with Crippen molar-refractivity contribution >= 4 is 39.0 Å². The normalized spacial score (nSPS) is 10.8. The highest BCUT2D eigenvalue weighted by atomic mass is 79.9. The second-order valence-corrected chi connectivity index (χ2v) is 9.64. The Morgan fingerprint density at radius 2 is 1.77 bits per heavy atom. The Kier molecular flexibility index (Phi) is 8.14. The molecule has 1 aromatic heterocycles. The Morgan fingerprint density at radius 3 is 2.58 bits per heavy atom. The van der Waals surface area contributed by atoms with Gasteiger partial charge in [-0.25, -0.2) is 10.4 Å². The van der Waals surface area contributed by atoms with E-state index in [2.05, 4.69) is 32.5 Å². The summed E-state index contributed by atoms with van der Waals surface area (Å²) in [7, 11) is 1.54. The van der Waals surface area contributed by atoms with E-state index in [1.807, 2.05) is 66.7 Å². The molecule has 4 aromatic carbocycles. The third kappa shape index (κ3) is 5.85. The number of amides is 1. The van der Waals surface area contributed by atoms with Gasteiger partial charge in [0.1, 0.15) is 6.61 Å². The van der Waals surface area contributed by atoms with Gasteiger partial charge in [-0.2, -0.15) is 10.4 Å². The van der Waals surface area contributed by atoms with Crippen LogP contribution in [-0.4, -0.2) is 24.2 Å². The number of rotatable bonds is 8. The number of halogens is 1. The molecule has 5 aromatic rings. The summed E-state index contributed by atoms with van der Waals surface area (Å²) in [6.45, 7) is 0.153. The number of benzene rings is 4. The van der Waals surface area contributed by atoms with E-state index in [1.54, 1.807) is 37.4 Å². The van der Waals surface area contributed by atoms with Crippen LogP contribution in [0, 0.1) is 11.3 Å². The quantitative estimate of drug-likeness (QED) is 0.157. The van der Waals surface area contributed by atoms with Gasteiger partial charge in [-0.3, -0.25) is 4.79 Å². The smallest absolute Gasteiger partial charge is 0.272 e. The van der Waals surface area contributed by atoms with Crippen LogP contribution in [0.4, 0.5) is 0 Å². The lowest BCUT2D eigenvalue weighted by Crippen LogP contribution is -2.18. The average molecular weight is 591 g/mol. The Labute approximate surface area is 239 Å². The molecule has 0 atom stereocenters. The molecule has 196 valence electrons. The second-order valence-electron chi connectivity index (χ2n) is 8.72. The Hall–Kier alpha value is -5.00. The minimum absolute atomic E-state index is 0.153. The maximum Gasteiger partial charge on any atom is 0.272 e. The third-order valence-electron chi connectivity index (χ3n) is 6.18. The number of hydrogen-bond donors (Lipinski definition) is 1.